The van der Waals surface area contributed by atoms with Crippen molar-refractivity contribution in [1.29, 1.82) is 0 Å². The zero-order valence-electron chi connectivity index (χ0n) is 10.6. The first kappa shape index (κ1) is 16.6. The van der Waals surface area contributed by atoms with Crippen LogP contribution >= 0.6 is 0 Å². The number of rotatable bonds is 10. The minimum absolute atomic E-state index is 0.0644. The number of hydrogen-bond acceptors (Lipinski definition) is 4. The van der Waals surface area contributed by atoms with Crippen molar-refractivity contribution in [2.45, 2.75) is 51.5 Å². The summed E-state index contributed by atoms with van der Waals surface area (Å²) in [6, 6.07) is -1.13. The molecule has 3 N–H and O–H groups in total. The molecule has 0 aliphatic rings. The molecule has 0 radical (unpaired) electrons. The number of hydrogen-bond donors (Lipinski definition) is 3. The number of carboxylic acid groups (broad SMARTS) is 1. The van der Waals surface area contributed by atoms with Crippen molar-refractivity contribution < 1.29 is 24.6 Å². The molecule has 0 heterocycles. The van der Waals surface area contributed by atoms with Crippen LogP contribution in [0.2, 0.25) is 0 Å². The van der Waals surface area contributed by atoms with Crippen molar-refractivity contribution in [3.63, 3.8) is 0 Å². The molecule has 0 aliphatic heterocycles. The lowest BCUT2D eigenvalue weighted by molar-refractivity contribution is -0.143. The van der Waals surface area contributed by atoms with E-state index in [9.17, 15) is 14.4 Å². The van der Waals surface area contributed by atoms with Crippen molar-refractivity contribution in [2.24, 2.45) is 0 Å². The first-order valence-electron chi connectivity index (χ1n) is 6.16. The van der Waals surface area contributed by atoms with Crippen LogP contribution in [0.1, 0.15) is 45.4 Å². The molecule has 0 saturated carbocycles. The second kappa shape index (κ2) is 9.58. The average molecular weight is 259 g/mol. The third kappa shape index (κ3) is 7.78. The third-order valence-corrected chi connectivity index (χ3v) is 2.47. The number of amides is 1. The van der Waals surface area contributed by atoms with Gasteiger partial charge in [-0.2, -0.15) is 0 Å². The normalized spacial score (nSPS) is 11.9. The topological polar surface area (TPSA) is 104 Å². The number of carbonyl (C=O) groups is 3. The molecular weight excluding hydrogens is 238 g/mol. The molecule has 0 fully saturated rings. The lowest BCUT2D eigenvalue weighted by atomic mass is 10.1. The van der Waals surface area contributed by atoms with Gasteiger partial charge in [0.05, 0.1) is 6.42 Å². The summed E-state index contributed by atoms with van der Waals surface area (Å²) in [5, 5.41) is 19.6. The molecule has 0 aromatic carbocycles. The minimum Gasteiger partial charge on any atom is -0.480 e. The number of aliphatic carboxylic acids is 1. The van der Waals surface area contributed by atoms with E-state index >= 15 is 0 Å². The molecule has 0 aromatic rings. The van der Waals surface area contributed by atoms with Gasteiger partial charge in [-0.15, -0.1) is 0 Å². The van der Waals surface area contributed by atoms with Crippen molar-refractivity contribution >= 4 is 17.7 Å². The fourth-order valence-electron chi connectivity index (χ4n) is 1.47. The zero-order chi connectivity index (χ0) is 14.0. The molecule has 0 bridgehead atoms. The van der Waals surface area contributed by atoms with E-state index in [1.54, 1.807) is 0 Å². The van der Waals surface area contributed by atoms with E-state index in [0.717, 1.165) is 19.3 Å². The molecule has 1 atom stereocenters. The van der Waals surface area contributed by atoms with E-state index in [-0.39, 0.29) is 25.2 Å². The molecule has 18 heavy (non-hydrogen) atoms. The van der Waals surface area contributed by atoms with Gasteiger partial charge in [-0.3, -0.25) is 9.59 Å². The number of unbranched alkanes of at least 4 members (excludes halogenated alkanes) is 2. The maximum Gasteiger partial charge on any atom is 0.326 e. The molecule has 104 valence electrons. The average Bonchev–Trinajstić information content (AvgIpc) is 2.28. The predicted octanol–water partition coefficient (Wildman–Crippen LogP) is 0.478. The molecule has 0 spiro atoms. The summed E-state index contributed by atoms with van der Waals surface area (Å²) in [7, 11) is 0. The Morgan fingerprint density at radius 2 is 1.89 bits per heavy atom. The van der Waals surface area contributed by atoms with E-state index in [4.69, 9.17) is 10.2 Å². The van der Waals surface area contributed by atoms with Crippen LogP contribution in [0.15, 0.2) is 0 Å². The lowest BCUT2D eigenvalue weighted by Gasteiger charge is -2.12. The Kier molecular flexibility index (Phi) is 8.82. The summed E-state index contributed by atoms with van der Waals surface area (Å²) < 4.78 is 0. The van der Waals surface area contributed by atoms with Gasteiger partial charge in [-0.25, -0.2) is 4.79 Å². The van der Waals surface area contributed by atoms with Crippen LogP contribution in [0.25, 0.3) is 0 Å². The number of carboxylic acids is 1. The Morgan fingerprint density at radius 3 is 2.39 bits per heavy atom. The van der Waals surface area contributed by atoms with E-state index < -0.39 is 17.9 Å². The van der Waals surface area contributed by atoms with Crippen LogP contribution in [-0.2, 0) is 14.4 Å². The summed E-state index contributed by atoms with van der Waals surface area (Å²) in [6.07, 6.45) is 2.68. The summed E-state index contributed by atoms with van der Waals surface area (Å²) in [5.74, 6) is -2.00. The monoisotopic (exact) mass is 259 g/mol. The Bertz CT molecular complexity index is 290. The number of aliphatic hydroxyl groups excluding tert-OH is 1. The van der Waals surface area contributed by atoms with Gasteiger partial charge in [-0.1, -0.05) is 19.8 Å². The summed E-state index contributed by atoms with van der Waals surface area (Å²) >= 11 is 0. The number of carbonyl (C=O) groups excluding carboxylic acids is 2. The second-order valence-electron chi connectivity index (χ2n) is 4.14. The fraction of sp³-hybridized carbons (Fsp3) is 0.750. The maximum absolute atomic E-state index is 11.4. The molecule has 0 unspecified atom stereocenters. The standard InChI is InChI=1S/C12H21NO5/c1-2-3-4-5-9(15)8-11(16)13-10(6-7-14)12(17)18/h10,14H,2-8H2,1H3,(H,13,16)(H,17,18)/t10-/m0/s1. The van der Waals surface area contributed by atoms with Crippen molar-refractivity contribution in [2.75, 3.05) is 6.61 Å². The molecule has 0 saturated heterocycles. The highest BCUT2D eigenvalue weighted by Crippen LogP contribution is 2.02. The van der Waals surface area contributed by atoms with Crippen LogP contribution in [-0.4, -0.2) is 40.5 Å². The van der Waals surface area contributed by atoms with Gasteiger partial charge in [-0.05, 0) is 6.42 Å². The van der Waals surface area contributed by atoms with Gasteiger partial charge < -0.3 is 15.5 Å². The second-order valence-corrected chi connectivity index (χ2v) is 4.14. The van der Waals surface area contributed by atoms with E-state index in [1.165, 1.54) is 0 Å². The molecule has 0 aliphatic carbocycles. The van der Waals surface area contributed by atoms with Gasteiger partial charge in [0.2, 0.25) is 5.91 Å². The Balaban J connectivity index is 4.00. The first-order chi connectivity index (χ1) is 8.51. The molecule has 6 heteroatoms. The quantitative estimate of drug-likeness (QED) is 0.391. The van der Waals surface area contributed by atoms with E-state index in [0.29, 0.717) is 6.42 Å². The highest BCUT2D eigenvalue weighted by atomic mass is 16.4. The summed E-state index contributed by atoms with van der Waals surface area (Å²) in [6.45, 7) is 1.69. The summed E-state index contributed by atoms with van der Waals surface area (Å²) in [4.78, 5) is 33.5. The van der Waals surface area contributed by atoms with Gasteiger partial charge in [0.1, 0.15) is 11.8 Å². The molecular formula is C12H21NO5. The molecule has 0 rings (SSSR count). The maximum atomic E-state index is 11.4. The third-order valence-electron chi connectivity index (χ3n) is 2.47. The lowest BCUT2D eigenvalue weighted by Crippen LogP contribution is -2.42. The Labute approximate surface area is 106 Å². The van der Waals surface area contributed by atoms with Crippen molar-refractivity contribution in [1.82, 2.24) is 5.32 Å². The highest BCUT2D eigenvalue weighted by Gasteiger charge is 2.20. The van der Waals surface area contributed by atoms with Gasteiger partial charge in [0, 0.05) is 19.4 Å². The van der Waals surface area contributed by atoms with Gasteiger partial charge in [0.25, 0.3) is 0 Å². The molecule has 1 amide bonds. The predicted molar refractivity (Wildman–Crippen MR) is 65.0 cm³/mol. The van der Waals surface area contributed by atoms with Crippen LogP contribution < -0.4 is 5.32 Å². The SMILES string of the molecule is CCCCCC(=O)CC(=O)N[C@@H](CCO)C(=O)O. The number of ketones is 1. The number of Topliss-reactive ketones (excluding diaryl/α,β-unsaturated/α-hetero) is 1. The van der Waals surface area contributed by atoms with Crippen LogP contribution in [0.4, 0.5) is 0 Å². The number of nitrogens with one attached hydrogen (secondary N) is 1. The fourth-order valence-corrected chi connectivity index (χ4v) is 1.47. The minimum atomic E-state index is -1.21. The highest BCUT2D eigenvalue weighted by molar-refractivity contribution is 5.99. The van der Waals surface area contributed by atoms with Crippen molar-refractivity contribution in [3.05, 3.63) is 0 Å². The van der Waals surface area contributed by atoms with Crippen LogP contribution in [0, 0.1) is 0 Å². The van der Waals surface area contributed by atoms with E-state index in [2.05, 4.69) is 5.32 Å². The summed E-state index contributed by atoms with van der Waals surface area (Å²) in [5.41, 5.74) is 0. The van der Waals surface area contributed by atoms with Crippen molar-refractivity contribution in [3.8, 4) is 0 Å². The van der Waals surface area contributed by atoms with Gasteiger partial charge >= 0.3 is 5.97 Å². The largest absolute Gasteiger partial charge is 0.480 e. The first-order valence-corrected chi connectivity index (χ1v) is 6.16. The Morgan fingerprint density at radius 1 is 1.22 bits per heavy atom. The molecule has 0 aromatic heterocycles. The number of aliphatic hydroxyl groups is 1. The van der Waals surface area contributed by atoms with Gasteiger partial charge in [0.15, 0.2) is 0 Å². The van der Waals surface area contributed by atoms with Crippen LogP contribution in [0.3, 0.4) is 0 Å². The Hall–Kier alpha value is -1.43. The smallest absolute Gasteiger partial charge is 0.326 e. The zero-order valence-corrected chi connectivity index (χ0v) is 10.6. The molecule has 6 nitrogen and oxygen atoms in total. The van der Waals surface area contributed by atoms with E-state index in [1.807, 2.05) is 6.92 Å². The van der Waals surface area contributed by atoms with Crippen LogP contribution in [0.5, 0.6) is 0 Å².